The molecule has 0 aromatic rings. The molecule has 0 aromatic carbocycles. The quantitative estimate of drug-likeness (QED) is 0.0156. The molecule has 1 rings (SSSR count). The zero-order valence-corrected chi connectivity index (χ0v) is 37.3. The second kappa shape index (κ2) is 36.3. The van der Waals surface area contributed by atoms with Gasteiger partial charge >= 0.3 is 19.8 Å². The van der Waals surface area contributed by atoms with Crippen molar-refractivity contribution in [3.63, 3.8) is 0 Å². The second-order valence-electron chi connectivity index (χ2n) is 14.8. The predicted molar refractivity (Wildman–Crippen MR) is 239 cm³/mol. The summed E-state index contributed by atoms with van der Waals surface area (Å²) in [6, 6.07) is 0. The Morgan fingerprint density at radius 3 is 1.39 bits per heavy atom. The first-order valence-corrected chi connectivity index (χ1v) is 23.5. The van der Waals surface area contributed by atoms with E-state index in [2.05, 4.69) is 98.9 Å². The maximum Gasteiger partial charge on any atom is 0.472 e. The van der Waals surface area contributed by atoms with Crippen LogP contribution in [0.5, 0.6) is 0 Å². The number of carbonyl (C=O) groups excluding carboxylic acids is 2. The summed E-state index contributed by atoms with van der Waals surface area (Å²) in [6.07, 6.45) is 34.7. The lowest BCUT2D eigenvalue weighted by Gasteiger charge is -2.41. The Hall–Kier alpha value is -3.23. The minimum absolute atomic E-state index is 0.0588. The van der Waals surface area contributed by atoms with Gasteiger partial charge in [0, 0.05) is 12.8 Å². The van der Waals surface area contributed by atoms with E-state index >= 15 is 0 Å². The Labute approximate surface area is 364 Å². The van der Waals surface area contributed by atoms with Gasteiger partial charge in [-0.05, 0) is 83.5 Å². The summed E-state index contributed by atoms with van der Waals surface area (Å²) in [7, 11) is -5.14. The molecule has 0 aliphatic heterocycles. The van der Waals surface area contributed by atoms with E-state index in [1.807, 2.05) is 12.2 Å². The molecular weight excluding hydrogens is 803 g/mol. The van der Waals surface area contributed by atoms with Gasteiger partial charge in [0.25, 0.3) is 0 Å². The SMILES string of the molecule is CC/C=C\C/C=C\C/C=C\C/C=C\C/C=C\CCCC(=O)OC[C@H](COP(=O)(O)OC1C(O)C(O)C(O)[C@@H](O)C1O)OC(=O)CCCCCCC/C=C\C/C=C\C/C=C\CC. The first-order valence-electron chi connectivity index (χ1n) is 22.0. The van der Waals surface area contributed by atoms with Crippen LogP contribution in [0.3, 0.4) is 0 Å². The number of unbranched alkanes of at least 4 members (excludes halogenated alkanes) is 6. The van der Waals surface area contributed by atoms with Crippen LogP contribution in [0.15, 0.2) is 97.2 Å². The smallest absolute Gasteiger partial charge is 0.462 e. The van der Waals surface area contributed by atoms with Crippen LogP contribution in [0.2, 0.25) is 0 Å². The van der Waals surface area contributed by atoms with E-state index < -0.39 is 75.7 Å². The summed E-state index contributed by atoms with van der Waals surface area (Å²) in [5.41, 5.74) is 0. The van der Waals surface area contributed by atoms with Crippen molar-refractivity contribution >= 4 is 19.8 Å². The standard InChI is InChI=1S/C47H75O13P/c1-3-5-7-9-11-13-15-17-19-20-22-23-25-27-29-31-33-35-40(48)57-37-39(38-58-61(55,56)60-47-45(53)43(51)42(50)44(52)46(47)54)59-41(49)36-34-32-30-28-26-24-21-18-16-14-12-10-8-6-4-2/h5-8,11-14,17-19,21-23,27,29,39,42-47,50-54H,3-4,9-10,15-16,20,24-26,28,30-38H2,1-2H3,(H,55,56)/b7-5-,8-6-,13-11-,14-12-,19-17-,21-18-,23-22-,29-27-/t39-,42?,43-,44?,45?,46?,47?/m1/s1. The highest BCUT2D eigenvalue weighted by Crippen LogP contribution is 2.47. The first kappa shape index (κ1) is 55.8. The molecular formula is C47H75O13P. The molecule has 6 unspecified atom stereocenters. The number of phosphoric ester groups is 1. The zero-order chi connectivity index (χ0) is 45.0. The fourth-order valence-electron chi connectivity index (χ4n) is 5.92. The number of aliphatic hydroxyl groups excluding tert-OH is 5. The van der Waals surface area contributed by atoms with E-state index in [4.69, 9.17) is 18.5 Å². The van der Waals surface area contributed by atoms with E-state index in [1.54, 1.807) is 0 Å². The van der Waals surface area contributed by atoms with Gasteiger partial charge in [-0.1, -0.05) is 130 Å². The minimum Gasteiger partial charge on any atom is -0.462 e. The lowest BCUT2D eigenvalue weighted by atomic mass is 9.85. The molecule has 0 bridgehead atoms. The molecule has 6 N–H and O–H groups in total. The monoisotopic (exact) mass is 878 g/mol. The van der Waals surface area contributed by atoms with Crippen molar-refractivity contribution < 1.29 is 63.1 Å². The Bertz CT molecular complexity index is 1430. The second-order valence-corrected chi connectivity index (χ2v) is 16.2. The fourth-order valence-corrected chi connectivity index (χ4v) is 6.90. The Balaban J connectivity index is 2.54. The highest BCUT2D eigenvalue weighted by molar-refractivity contribution is 7.47. The number of allylic oxidation sites excluding steroid dienone is 16. The molecule has 1 aliphatic carbocycles. The number of esters is 2. The molecule has 0 spiro atoms. The molecule has 346 valence electrons. The van der Waals surface area contributed by atoms with Crippen LogP contribution >= 0.6 is 7.82 Å². The number of hydrogen-bond acceptors (Lipinski definition) is 12. The fraction of sp³-hybridized carbons (Fsp3) is 0.617. The average molecular weight is 879 g/mol. The van der Waals surface area contributed by atoms with Gasteiger partial charge in [-0.3, -0.25) is 18.6 Å². The number of aliphatic hydroxyl groups is 5. The molecule has 1 fully saturated rings. The summed E-state index contributed by atoms with van der Waals surface area (Å²) in [5, 5.41) is 50.1. The molecule has 1 aliphatic rings. The summed E-state index contributed by atoms with van der Waals surface area (Å²) in [6.45, 7) is 2.98. The van der Waals surface area contributed by atoms with Crippen molar-refractivity contribution in [2.75, 3.05) is 13.2 Å². The average Bonchev–Trinajstić information content (AvgIpc) is 3.24. The number of hydrogen-bond donors (Lipinski definition) is 6. The van der Waals surface area contributed by atoms with E-state index in [9.17, 15) is 44.6 Å². The number of phosphoric acid groups is 1. The summed E-state index contributed by atoms with van der Waals surface area (Å²) < 4.78 is 33.4. The van der Waals surface area contributed by atoms with Crippen LogP contribution in [0.25, 0.3) is 0 Å². The first-order chi connectivity index (χ1) is 29.4. The summed E-state index contributed by atoms with van der Waals surface area (Å²) in [5.74, 6) is -1.20. The van der Waals surface area contributed by atoms with Crippen LogP contribution < -0.4 is 0 Å². The van der Waals surface area contributed by atoms with E-state index in [-0.39, 0.29) is 12.8 Å². The third-order valence-corrected chi connectivity index (χ3v) is 10.4. The van der Waals surface area contributed by atoms with Gasteiger partial charge in [-0.25, -0.2) is 4.57 Å². The Kier molecular flexibility index (Phi) is 33.2. The third kappa shape index (κ3) is 28.9. The van der Waals surface area contributed by atoms with Gasteiger partial charge < -0.3 is 39.9 Å². The van der Waals surface area contributed by atoms with Crippen molar-refractivity contribution in [2.45, 2.75) is 172 Å². The van der Waals surface area contributed by atoms with Gasteiger partial charge in [0.15, 0.2) is 6.10 Å². The van der Waals surface area contributed by atoms with Gasteiger partial charge in [-0.2, -0.15) is 0 Å². The molecule has 0 amide bonds. The molecule has 0 aromatic heterocycles. The number of ether oxygens (including phenoxy) is 2. The van der Waals surface area contributed by atoms with Gasteiger partial charge in [0.2, 0.25) is 0 Å². The third-order valence-electron chi connectivity index (χ3n) is 9.42. The lowest BCUT2D eigenvalue weighted by Crippen LogP contribution is -2.64. The molecule has 61 heavy (non-hydrogen) atoms. The topological polar surface area (TPSA) is 210 Å². The van der Waals surface area contributed by atoms with Gasteiger partial charge in [0.05, 0.1) is 6.61 Å². The van der Waals surface area contributed by atoms with Crippen LogP contribution in [0.4, 0.5) is 0 Å². The number of rotatable bonds is 34. The van der Waals surface area contributed by atoms with Gasteiger partial charge in [0.1, 0.15) is 43.2 Å². The van der Waals surface area contributed by atoms with Crippen molar-refractivity contribution in [2.24, 2.45) is 0 Å². The molecule has 8 atom stereocenters. The lowest BCUT2D eigenvalue weighted by molar-refractivity contribution is -0.220. The van der Waals surface area contributed by atoms with E-state index in [1.165, 1.54) is 0 Å². The minimum atomic E-state index is -5.14. The van der Waals surface area contributed by atoms with Crippen molar-refractivity contribution in [1.29, 1.82) is 0 Å². The Morgan fingerprint density at radius 2 is 0.902 bits per heavy atom. The predicted octanol–water partition coefficient (Wildman–Crippen LogP) is 8.27. The van der Waals surface area contributed by atoms with Crippen LogP contribution in [0.1, 0.15) is 129 Å². The zero-order valence-electron chi connectivity index (χ0n) is 36.4. The normalized spacial score (nSPS) is 23.0. The van der Waals surface area contributed by atoms with Crippen molar-refractivity contribution in [3.8, 4) is 0 Å². The maximum absolute atomic E-state index is 12.8. The van der Waals surface area contributed by atoms with Gasteiger partial charge in [-0.15, -0.1) is 0 Å². The molecule has 0 radical (unpaired) electrons. The van der Waals surface area contributed by atoms with E-state index in [0.29, 0.717) is 19.3 Å². The molecule has 13 nitrogen and oxygen atoms in total. The highest BCUT2D eigenvalue weighted by Gasteiger charge is 2.51. The summed E-state index contributed by atoms with van der Waals surface area (Å²) >= 11 is 0. The van der Waals surface area contributed by atoms with Crippen molar-refractivity contribution in [3.05, 3.63) is 97.2 Å². The maximum atomic E-state index is 12.8. The molecule has 0 saturated heterocycles. The van der Waals surface area contributed by atoms with Crippen LogP contribution in [-0.2, 0) is 32.7 Å². The van der Waals surface area contributed by atoms with E-state index in [0.717, 1.165) is 83.5 Å². The largest absolute Gasteiger partial charge is 0.472 e. The molecule has 1 saturated carbocycles. The highest BCUT2D eigenvalue weighted by atomic mass is 31.2. The number of carbonyl (C=O) groups is 2. The molecule has 14 heteroatoms. The summed E-state index contributed by atoms with van der Waals surface area (Å²) in [4.78, 5) is 35.6. The van der Waals surface area contributed by atoms with Crippen LogP contribution in [0, 0.1) is 0 Å². The van der Waals surface area contributed by atoms with Crippen molar-refractivity contribution in [1.82, 2.24) is 0 Å². The Morgan fingerprint density at radius 1 is 0.508 bits per heavy atom. The molecule has 0 heterocycles. The van der Waals surface area contributed by atoms with Crippen LogP contribution in [-0.4, -0.2) is 98.3 Å².